The second kappa shape index (κ2) is 6.20. The van der Waals surface area contributed by atoms with Gasteiger partial charge in [0.1, 0.15) is 23.8 Å². The number of halogens is 1. The van der Waals surface area contributed by atoms with Gasteiger partial charge >= 0.3 is 0 Å². The summed E-state index contributed by atoms with van der Waals surface area (Å²) in [7, 11) is 0. The summed E-state index contributed by atoms with van der Waals surface area (Å²) < 4.78 is 0. The lowest BCUT2D eigenvalue weighted by atomic mass is 10.2. The van der Waals surface area contributed by atoms with E-state index < -0.39 is 0 Å². The van der Waals surface area contributed by atoms with Crippen LogP contribution in [0.2, 0.25) is 5.02 Å². The molecule has 4 rings (SSSR count). The second-order valence-corrected chi connectivity index (χ2v) is 6.23. The predicted molar refractivity (Wildman–Crippen MR) is 95.7 cm³/mol. The highest BCUT2D eigenvalue weighted by Gasteiger charge is 2.21. The van der Waals surface area contributed by atoms with Crippen molar-refractivity contribution in [3.8, 4) is 0 Å². The maximum atomic E-state index is 6.06. The normalized spacial score (nSPS) is 15.1. The van der Waals surface area contributed by atoms with Gasteiger partial charge in [-0.2, -0.15) is 0 Å². The minimum Gasteiger partial charge on any atom is -0.353 e. The van der Waals surface area contributed by atoms with Crippen molar-refractivity contribution in [3.63, 3.8) is 0 Å². The van der Waals surface area contributed by atoms with Crippen LogP contribution in [-0.2, 0) is 0 Å². The van der Waals surface area contributed by atoms with E-state index in [1.165, 1.54) is 0 Å². The Hall–Kier alpha value is -2.47. The lowest BCUT2D eigenvalue weighted by Crippen LogP contribution is -2.47. The Morgan fingerprint density at radius 3 is 2.54 bits per heavy atom. The molecule has 24 heavy (non-hydrogen) atoms. The summed E-state index contributed by atoms with van der Waals surface area (Å²) in [6, 6.07) is 7.72. The van der Waals surface area contributed by atoms with E-state index in [9.17, 15) is 0 Å². The van der Waals surface area contributed by atoms with E-state index in [0.717, 1.165) is 54.5 Å². The highest BCUT2D eigenvalue weighted by molar-refractivity contribution is 6.31. The third kappa shape index (κ3) is 2.85. The standard InChI is InChI=1S/C17H17ClN6/c1-12-19-5-4-16(22-12)23-6-8-24(9-7-23)17-14-3-2-13(18)10-15(14)20-11-21-17/h2-5,10-11H,6-9H2,1H3. The number of aryl methyl sites for hydroxylation is 1. The summed E-state index contributed by atoms with van der Waals surface area (Å²) in [4.78, 5) is 22.1. The molecule has 0 spiro atoms. The maximum absolute atomic E-state index is 6.06. The topological polar surface area (TPSA) is 58.0 Å². The summed E-state index contributed by atoms with van der Waals surface area (Å²) in [5.41, 5.74) is 0.876. The van der Waals surface area contributed by atoms with Crippen LogP contribution in [-0.4, -0.2) is 46.1 Å². The molecular formula is C17H17ClN6. The molecule has 1 saturated heterocycles. The molecule has 0 amide bonds. The third-order valence-corrected chi connectivity index (χ3v) is 4.48. The van der Waals surface area contributed by atoms with Crippen molar-refractivity contribution in [2.24, 2.45) is 0 Å². The zero-order chi connectivity index (χ0) is 16.5. The van der Waals surface area contributed by atoms with Crippen molar-refractivity contribution >= 4 is 34.1 Å². The lowest BCUT2D eigenvalue weighted by Gasteiger charge is -2.36. The van der Waals surface area contributed by atoms with Gasteiger partial charge < -0.3 is 9.80 Å². The van der Waals surface area contributed by atoms with Crippen LogP contribution in [0.3, 0.4) is 0 Å². The Morgan fingerprint density at radius 2 is 1.75 bits per heavy atom. The molecule has 0 aliphatic carbocycles. The van der Waals surface area contributed by atoms with E-state index in [2.05, 4.69) is 29.7 Å². The molecule has 3 aromatic rings. The van der Waals surface area contributed by atoms with Crippen molar-refractivity contribution in [2.75, 3.05) is 36.0 Å². The molecule has 122 valence electrons. The van der Waals surface area contributed by atoms with Crippen LogP contribution in [0.25, 0.3) is 10.9 Å². The molecule has 0 bridgehead atoms. The van der Waals surface area contributed by atoms with Gasteiger partial charge in [0, 0.05) is 42.8 Å². The maximum Gasteiger partial charge on any atom is 0.140 e. The predicted octanol–water partition coefficient (Wildman–Crippen LogP) is 2.71. The minimum absolute atomic E-state index is 0.691. The summed E-state index contributed by atoms with van der Waals surface area (Å²) in [6.07, 6.45) is 3.42. The number of piperazine rings is 1. The van der Waals surface area contributed by atoms with Crippen molar-refractivity contribution in [1.82, 2.24) is 19.9 Å². The highest BCUT2D eigenvalue weighted by atomic mass is 35.5. The Bertz CT molecular complexity index is 876. The Balaban J connectivity index is 1.56. The zero-order valence-corrected chi connectivity index (χ0v) is 14.1. The molecule has 1 aliphatic rings. The van der Waals surface area contributed by atoms with Crippen LogP contribution in [0.1, 0.15) is 5.82 Å². The molecule has 1 aliphatic heterocycles. The number of hydrogen-bond acceptors (Lipinski definition) is 6. The molecule has 1 aromatic carbocycles. The lowest BCUT2D eigenvalue weighted by molar-refractivity contribution is 0.641. The molecule has 7 heteroatoms. The summed E-state index contributed by atoms with van der Waals surface area (Å²) in [6.45, 7) is 5.48. The first-order valence-electron chi connectivity index (χ1n) is 7.90. The molecule has 1 fully saturated rings. The summed E-state index contributed by atoms with van der Waals surface area (Å²) >= 11 is 6.06. The number of aromatic nitrogens is 4. The van der Waals surface area contributed by atoms with Crippen molar-refractivity contribution in [1.29, 1.82) is 0 Å². The van der Waals surface area contributed by atoms with E-state index >= 15 is 0 Å². The fraction of sp³-hybridized carbons (Fsp3) is 0.294. The van der Waals surface area contributed by atoms with E-state index in [1.54, 1.807) is 6.33 Å². The Labute approximate surface area is 145 Å². The van der Waals surface area contributed by atoms with Crippen LogP contribution < -0.4 is 9.80 Å². The largest absolute Gasteiger partial charge is 0.353 e. The molecule has 0 unspecified atom stereocenters. The number of benzene rings is 1. The fourth-order valence-electron chi connectivity index (χ4n) is 3.04. The van der Waals surface area contributed by atoms with Crippen LogP contribution >= 0.6 is 11.6 Å². The average molecular weight is 341 g/mol. The Morgan fingerprint density at radius 1 is 0.958 bits per heavy atom. The fourth-order valence-corrected chi connectivity index (χ4v) is 3.20. The SMILES string of the molecule is Cc1nccc(N2CCN(c3ncnc4cc(Cl)ccc34)CC2)n1. The summed E-state index contributed by atoms with van der Waals surface area (Å²) in [5.74, 6) is 2.75. The third-order valence-electron chi connectivity index (χ3n) is 4.24. The van der Waals surface area contributed by atoms with E-state index in [4.69, 9.17) is 11.6 Å². The van der Waals surface area contributed by atoms with Gasteiger partial charge in [-0.05, 0) is 31.2 Å². The average Bonchev–Trinajstić information content (AvgIpc) is 2.61. The molecule has 0 N–H and O–H groups in total. The molecule has 0 atom stereocenters. The highest BCUT2D eigenvalue weighted by Crippen LogP contribution is 2.26. The number of rotatable bonds is 2. The first-order chi connectivity index (χ1) is 11.7. The monoisotopic (exact) mass is 340 g/mol. The van der Waals surface area contributed by atoms with Gasteiger partial charge in [-0.25, -0.2) is 19.9 Å². The number of nitrogens with zero attached hydrogens (tertiary/aromatic N) is 6. The first-order valence-corrected chi connectivity index (χ1v) is 8.28. The van der Waals surface area contributed by atoms with Gasteiger partial charge in [-0.1, -0.05) is 11.6 Å². The van der Waals surface area contributed by atoms with E-state index in [-0.39, 0.29) is 0 Å². The van der Waals surface area contributed by atoms with Crippen LogP contribution in [0.15, 0.2) is 36.8 Å². The van der Waals surface area contributed by atoms with Crippen LogP contribution in [0, 0.1) is 6.92 Å². The zero-order valence-electron chi connectivity index (χ0n) is 13.4. The first kappa shape index (κ1) is 15.1. The molecule has 6 nitrogen and oxygen atoms in total. The van der Waals surface area contributed by atoms with Gasteiger partial charge in [-0.15, -0.1) is 0 Å². The number of fused-ring (bicyclic) bond motifs is 1. The Kier molecular flexibility index (Phi) is 3.90. The van der Waals surface area contributed by atoms with Gasteiger partial charge in [0.05, 0.1) is 5.52 Å². The number of anilines is 2. The molecular weight excluding hydrogens is 324 g/mol. The van der Waals surface area contributed by atoms with E-state index in [0.29, 0.717) is 5.02 Å². The van der Waals surface area contributed by atoms with Crippen LogP contribution in [0.4, 0.5) is 11.6 Å². The molecule has 0 radical (unpaired) electrons. The second-order valence-electron chi connectivity index (χ2n) is 5.79. The minimum atomic E-state index is 0.691. The summed E-state index contributed by atoms with van der Waals surface area (Å²) in [5, 5.41) is 1.73. The van der Waals surface area contributed by atoms with Gasteiger partial charge in [0.25, 0.3) is 0 Å². The van der Waals surface area contributed by atoms with Gasteiger partial charge in [-0.3, -0.25) is 0 Å². The molecule has 2 aromatic heterocycles. The van der Waals surface area contributed by atoms with Crippen molar-refractivity contribution in [2.45, 2.75) is 6.92 Å². The van der Waals surface area contributed by atoms with Crippen molar-refractivity contribution < 1.29 is 0 Å². The van der Waals surface area contributed by atoms with E-state index in [1.807, 2.05) is 37.4 Å². The molecule has 0 saturated carbocycles. The molecule has 3 heterocycles. The van der Waals surface area contributed by atoms with Gasteiger partial charge in [0.2, 0.25) is 0 Å². The smallest absolute Gasteiger partial charge is 0.140 e. The van der Waals surface area contributed by atoms with Crippen molar-refractivity contribution in [3.05, 3.63) is 47.6 Å². The quantitative estimate of drug-likeness (QED) is 0.715. The van der Waals surface area contributed by atoms with Crippen LogP contribution in [0.5, 0.6) is 0 Å². The van der Waals surface area contributed by atoms with Gasteiger partial charge in [0.15, 0.2) is 0 Å². The number of hydrogen-bond donors (Lipinski definition) is 0.